The molecule has 0 aromatic carbocycles. The Morgan fingerprint density at radius 2 is 2.25 bits per heavy atom. The molecule has 2 nitrogen and oxygen atoms in total. The Balaban J connectivity index is 2.77. The SMILES string of the molecule is CC1=CC(C(C)(C)C(N)=O)CC1. The molecule has 0 saturated heterocycles. The minimum atomic E-state index is -0.377. The third-order valence-electron chi connectivity index (χ3n) is 2.90. The second kappa shape index (κ2) is 2.92. The lowest BCUT2D eigenvalue weighted by Crippen LogP contribution is -2.36. The number of primary amides is 1. The molecule has 0 radical (unpaired) electrons. The number of nitrogens with two attached hydrogens (primary N) is 1. The highest BCUT2D eigenvalue weighted by Gasteiger charge is 2.35. The van der Waals surface area contributed by atoms with Crippen LogP contribution in [0.2, 0.25) is 0 Å². The van der Waals surface area contributed by atoms with Crippen molar-refractivity contribution in [1.29, 1.82) is 0 Å². The van der Waals surface area contributed by atoms with Crippen molar-refractivity contribution < 1.29 is 4.79 Å². The summed E-state index contributed by atoms with van der Waals surface area (Å²) in [5, 5.41) is 0. The van der Waals surface area contributed by atoms with Gasteiger partial charge in [0.2, 0.25) is 5.91 Å². The van der Waals surface area contributed by atoms with Crippen molar-refractivity contribution in [2.75, 3.05) is 0 Å². The van der Waals surface area contributed by atoms with Crippen molar-refractivity contribution in [2.24, 2.45) is 17.1 Å². The fourth-order valence-corrected chi connectivity index (χ4v) is 1.65. The highest BCUT2D eigenvalue weighted by atomic mass is 16.1. The highest BCUT2D eigenvalue weighted by molar-refractivity contribution is 5.80. The van der Waals surface area contributed by atoms with Crippen LogP contribution >= 0.6 is 0 Å². The first-order chi connectivity index (χ1) is 5.44. The van der Waals surface area contributed by atoms with E-state index in [1.165, 1.54) is 5.57 Å². The van der Waals surface area contributed by atoms with E-state index >= 15 is 0 Å². The van der Waals surface area contributed by atoms with Gasteiger partial charge in [-0.3, -0.25) is 4.79 Å². The van der Waals surface area contributed by atoms with Gasteiger partial charge in [-0.15, -0.1) is 0 Å². The van der Waals surface area contributed by atoms with Crippen LogP contribution in [0.4, 0.5) is 0 Å². The van der Waals surface area contributed by atoms with Crippen LogP contribution in [0.3, 0.4) is 0 Å². The normalized spacial score (nSPS) is 23.9. The molecule has 0 aromatic heterocycles. The summed E-state index contributed by atoms with van der Waals surface area (Å²) in [5.74, 6) is 0.147. The molecule has 1 rings (SSSR count). The molecule has 1 aliphatic rings. The summed E-state index contributed by atoms with van der Waals surface area (Å²) in [6.45, 7) is 5.96. The molecule has 0 bridgehead atoms. The zero-order chi connectivity index (χ0) is 9.35. The Morgan fingerprint density at radius 3 is 2.58 bits per heavy atom. The minimum Gasteiger partial charge on any atom is -0.369 e. The topological polar surface area (TPSA) is 43.1 Å². The predicted octanol–water partition coefficient (Wildman–Crippen LogP) is 1.85. The van der Waals surface area contributed by atoms with Crippen LogP contribution in [0, 0.1) is 11.3 Å². The average molecular weight is 167 g/mol. The van der Waals surface area contributed by atoms with E-state index in [-0.39, 0.29) is 11.3 Å². The maximum absolute atomic E-state index is 11.1. The lowest BCUT2D eigenvalue weighted by molar-refractivity contribution is -0.127. The zero-order valence-electron chi connectivity index (χ0n) is 8.05. The molecule has 0 saturated carbocycles. The van der Waals surface area contributed by atoms with Gasteiger partial charge >= 0.3 is 0 Å². The van der Waals surface area contributed by atoms with Gasteiger partial charge in [0, 0.05) is 5.41 Å². The van der Waals surface area contributed by atoms with Gasteiger partial charge in [0.25, 0.3) is 0 Å². The van der Waals surface area contributed by atoms with Gasteiger partial charge in [-0.1, -0.05) is 25.5 Å². The molecule has 12 heavy (non-hydrogen) atoms. The summed E-state index contributed by atoms with van der Waals surface area (Å²) >= 11 is 0. The zero-order valence-corrected chi connectivity index (χ0v) is 8.05. The van der Waals surface area contributed by atoms with Crippen molar-refractivity contribution in [3.63, 3.8) is 0 Å². The standard InChI is InChI=1S/C10H17NO/c1-7-4-5-8(6-7)10(2,3)9(11)12/h6,8H,4-5H2,1-3H3,(H2,11,12). The molecule has 1 unspecified atom stereocenters. The van der Waals surface area contributed by atoms with E-state index in [9.17, 15) is 4.79 Å². The lowest BCUT2D eigenvalue weighted by Gasteiger charge is -2.26. The second-order valence-corrected chi connectivity index (χ2v) is 4.24. The van der Waals surface area contributed by atoms with Gasteiger partial charge in [0.15, 0.2) is 0 Å². The van der Waals surface area contributed by atoms with Gasteiger partial charge in [-0.05, 0) is 25.7 Å². The molecule has 0 fully saturated rings. The van der Waals surface area contributed by atoms with Crippen molar-refractivity contribution in [1.82, 2.24) is 0 Å². The number of carbonyl (C=O) groups excluding carboxylic acids is 1. The smallest absolute Gasteiger partial charge is 0.223 e. The van der Waals surface area contributed by atoms with Gasteiger partial charge < -0.3 is 5.73 Å². The first kappa shape index (κ1) is 9.30. The number of hydrogen-bond donors (Lipinski definition) is 1. The van der Waals surface area contributed by atoms with Gasteiger partial charge in [0.05, 0.1) is 0 Å². The van der Waals surface area contributed by atoms with E-state index in [0.29, 0.717) is 5.92 Å². The van der Waals surface area contributed by atoms with Crippen LogP contribution in [0.5, 0.6) is 0 Å². The molecule has 68 valence electrons. The Labute approximate surface area is 73.8 Å². The molecule has 1 aliphatic carbocycles. The van der Waals surface area contributed by atoms with Crippen LogP contribution in [0.15, 0.2) is 11.6 Å². The number of amides is 1. The van der Waals surface area contributed by atoms with E-state index in [1.807, 2.05) is 13.8 Å². The summed E-state index contributed by atoms with van der Waals surface area (Å²) < 4.78 is 0. The summed E-state index contributed by atoms with van der Waals surface area (Å²) in [6, 6.07) is 0. The Morgan fingerprint density at radius 1 is 1.67 bits per heavy atom. The third kappa shape index (κ3) is 1.52. The Bertz CT molecular complexity index is 228. The number of allylic oxidation sites excluding steroid dienone is 2. The molecule has 2 heteroatoms. The summed E-state index contributed by atoms with van der Waals surface area (Å²) in [7, 11) is 0. The largest absolute Gasteiger partial charge is 0.369 e. The Kier molecular flexibility index (Phi) is 2.27. The monoisotopic (exact) mass is 167 g/mol. The van der Waals surface area contributed by atoms with E-state index in [1.54, 1.807) is 0 Å². The minimum absolute atomic E-state index is 0.196. The van der Waals surface area contributed by atoms with E-state index < -0.39 is 0 Å². The maximum atomic E-state index is 11.1. The van der Waals surface area contributed by atoms with Gasteiger partial charge in [-0.25, -0.2) is 0 Å². The van der Waals surface area contributed by atoms with E-state index in [4.69, 9.17) is 5.73 Å². The first-order valence-electron chi connectivity index (χ1n) is 4.42. The van der Waals surface area contributed by atoms with Crippen LogP contribution in [-0.2, 0) is 4.79 Å². The predicted molar refractivity (Wildman–Crippen MR) is 49.5 cm³/mol. The second-order valence-electron chi connectivity index (χ2n) is 4.24. The van der Waals surface area contributed by atoms with Gasteiger partial charge in [-0.2, -0.15) is 0 Å². The van der Waals surface area contributed by atoms with E-state index in [2.05, 4.69) is 13.0 Å². The number of rotatable bonds is 2. The highest BCUT2D eigenvalue weighted by Crippen LogP contribution is 2.37. The molecule has 2 N–H and O–H groups in total. The quantitative estimate of drug-likeness (QED) is 0.627. The van der Waals surface area contributed by atoms with Crippen LogP contribution in [-0.4, -0.2) is 5.91 Å². The summed E-state index contributed by atoms with van der Waals surface area (Å²) in [5.41, 5.74) is 6.33. The van der Waals surface area contributed by atoms with Crippen LogP contribution < -0.4 is 5.73 Å². The molecule has 1 atom stereocenters. The Hall–Kier alpha value is -0.790. The molecule has 0 spiro atoms. The molecule has 0 aromatic rings. The van der Waals surface area contributed by atoms with Crippen molar-refractivity contribution in [2.45, 2.75) is 33.6 Å². The summed E-state index contributed by atoms with van der Waals surface area (Å²) in [4.78, 5) is 11.1. The maximum Gasteiger partial charge on any atom is 0.223 e. The molecule has 0 aliphatic heterocycles. The lowest BCUT2D eigenvalue weighted by atomic mass is 9.78. The fraction of sp³-hybridized carbons (Fsp3) is 0.700. The number of hydrogen-bond acceptors (Lipinski definition) is 1. The fourth-order valence-electron chi connectivity index (χ4n) is 1.65. The average Bonchev–Trinajstić information content (AvgIpc) is 2.35. The summed E-state index contributed by atoms with van der Waals surface area (Å²) in [6.07, 6.45) is 4.37. The molecule has 1 amide bonds. The van der Waals surface area contributed by atoms with Crippen LogP contribution in [0.25, 0.3) is 0 Å². The third-order valence-corrected chi connectivity index (χ3v) is 2.90. The van der Waals surface area contributed by atoms with Gasteiger partial charge in [0.1, 0.15) is 0 Å². The molecular formula is C10H17NO. The van der Waals surface area contributed by atoms with Crippen LogP contribution in [0.1, 0.15) is 33.6 Å². The first-order valence-corrected chi connectivity index (χ1v) is 4.42. The van der Waals surface area contributed by atoms with Crippen molar-refractivity contribution >= 4 is 5.91 Å². The number of carbonyl (C=O) groups is 1. The van der Waals surface area contributed by atoms with Crippen molar-refractivity contribution in [3.8, 4) is 0 Å². The van der Waals surface area contributed by atoms with Crippen molar-refractivity contribution in [3.05, 3.63) is 11.6 Å². The molecular weight excluding hydrogens is 150 g/mol. The molecule has 0 heterocycles. The van der Waals surface area contributed by atoms with E-state index in [0.717, 1.165) is 12.8 Å².